The maximum atomic E-state index is 3.34. The van der Waals surface area contributed by atoms with Gasteiger partial charge in [0.1, 0.15) is 0 Å². The van der Waals surface area contributed by atoms with E-state index >= 15 is 0 Å². The molecule has 0 aliphatic heterocycles. The highest BCUT2D eigenvalue weighted by Crippen LogP contribution is 2.23. The van der Waals surface area contributed by atoms with E-state index in [9.17, 15) is 0 Å². The van der Waals surface area contributed by atoms with Gasteiger partial charge in [-0.05, 0) is 26.7 Å². The van der Waals surface area contributed by atoms with E-state index in [-0.39, 0.29) is 0 Å². The van der Waals surface area contributed by atoms with E-state index in [1.165, 1.54) is 12.8 Å². The molecule has 0 saturated heterocycles. The Hall–Kier alpha value is -0.0800. The quantitative estimate of drug-likeness (QED) is 0.570. The Kier molecular flexibility index (Phi) is 2.09. The van der Waals surface area contributed by atoms with Crippen molar-refractivity contribution in [1.82, 2.24) is 10.4 Å². The predicted octanol–water partition coefficient (Wildman–Crippen LogP) is 0.994. The van der Waals surface area contributed by atoms with Crippen LogP contribution in [-0.4, -0.2) is 24.1 Å². The molecule has 0 amide bonds. The first-order chi connectivity index (χ1) is 4.20. The summed E-state index contributed by atoms with van der Waals surface area (Å²) >= 11 is 0. The molecule has 1 aliphatic carbocycles. The van der Waals surface area contributed by atoms with Crippen LogP contribution in [0.3, 0.4) is 0 Å². The van der Waals surface area contributed by atoms with Crippen LogP contribution in [0.2, 0.25) is 0 Å². The van der Waals surface area contributed by atoms with Crippen molar-refractivity contribution < 1.29 is 0 Å². The monoisotopic (exact) mass is 128 g/mol. The summed E-state index contributed by atoms with van der Waals surface area (Å²) in [5.41, 5.74) is 3.34. The number of nitrogens with one attached hydrogen (secondary N) is 1. The fourth-order valence-corrected chi connectivity index (χ4v) is 0.975. The molecular weight excluding hydrogens is 112 g/mol. The zero-order valence-electron chi connectivity index (χ0n) is 6.52. The molecule has 1 N–H and O–H groups in total. The van der Waals surface area contributed by atoms with E-state index in [4.69, 9.17) is 0 Å². The summed E-state index contributed by atoms with van der Waals surface area (Å²) in [5, 5.41) is 2.23. The zero-order valence-corrected chi connectivity index (χ0v) is 6.52. The van der Waals surface area contributed by atoms with E-state index in [1.54, 1.807) is 0 Å². The van der Waals surface area contributed by atoms with Crippen molar-refractivity contribution in [3.05, 3.63) is 0 Å². The molecule has 0 bridgehead atoms. The number of hydrazine groups is 1. The van der Waals surface area contributed by atoms with Crippen molar-refractivity contribution in [3.63, 3.8) is 0 Å². The Morgan fingerprint density at radius 2 is 2.00 bits per heavy atom. The highest BCUT2D eigenvalue weighted by molar-refractivity contribution is 4.80. The minimum atomic E-state index is 0.579. The molecule has 0 aromatic carbocycles. The molecule has 0 atom stereocenters. The number of nitrogens with zero attached hydrogens (tertiary/aromatic N) is 1. The van der Waals surface area contributed by atoms with Crippen molar-refractivity contribution in [2.24, 2.45) is 0 Å². The normalized spacial score (nSPS) is 19.7. The molecule has 1 saturated carbocycles. The summed E-state index contributed by atoms with van der Waals surface area (Å²) in [6.07, 6.45) is 2.74. The van der Waals surface area contributed by atoms with E-state index in [0.717, 1.165) is 6.04 Å². The summed E-state index contributed by atoms with van der Waals surface area (Å²) in [7, 11) is 2.12. The van der Waals surface area contributed by atoms with Gasteiger partial charge >= 0.3 is 0 Å². The lowest BCUT2D eigenvalue weighted by molar-refractivity contribution is 0.201. The second-order valence-corrected chi connectivity index (χ2v) is 3.13. The van der Waals surface area contributed by atoms with Crippen molar-refractivity contribution in [1.29, 1.82) is 0 Å². The fraction of sp³-hybridized carbons (Fsp3) is 1.00. The van der Waals surface area contributed by atoms with Crippen LogP contribution >= 0.6 is 0 Å². The minimum absolute atomic E-state index is 0.579. The topological polar surface area (TPSA) is 15.3 Å². The molecule has 9 heavy (non-hydrogen) atoms. The lowest BCUT2D eigenvalue weighted by Crippen LogP contribution is -2.40. The maximum absolute atomic E-state index is 3.34. The molecule has 0 aromatic heterocycles. The van der Waals surface area contributed by atoms with Gasteiger partial charge in [-0.15, -0.1) is 0 Å². The van der Waals surface area contributed by atoms with Gasteiger partial charge < -0.3 is 0 Å². The molecule has 54 valence electrons. The Morgan fingerprint density at radius 1 is 1.44 bits per heavy atom. The van der Waals surface area contributed by atoms with Crippen LogP contribution in [0.1, 0.15) is 26.7 Å². The summed E-state index contributed by atoms with van der Waals surface area (Å²) < 4.78 is 0. The molecule has 0 spiro atoms. The number of hydrogen-bond donors (Lipinski definition) is 1. The Bertz CT molecular complexity index is 86.9. The van der Waals surface area contributed by atoms with Gasteiger partial charge in [0, 0.05) is 19.1 Å². The third kappa shape index (κ3) is 2.33. The Morgan fingerprint density at radius 3 is 2.33 bits per heavy atom. The van der Waals surface area contributed by atoms with E-state index in [1.807, 2.05) is 0 Å². The molecule has 1 aliphatic rings. The lowest BCUT2D eigenvalue weighted by Gasteiger charge is -2.19. The maximum Gasteiger partial charge on any atom is 0.0241 e. The fourth-order valence-electron chi connectivity index (χ4n) is 0.975. The van der Waals surface area contributed by atoms with Gasteiger partial charge in [-0.3, -0.25) is 5.43 Å². The van der Waals surface area contributed by atoms with Crippen LogP contribution in [0, 0.1) is 0 Å². The highest BCUT2D eigenvalue weighted by atomic mass is 15.5. The largest absolute Gasteiger partial charge is 0.253 e. The van der Waals surface area contributed by atoms with Crippen molar-refractivity contribution in [2.45, 2.75) is 38.8 Å². The third-order valence-electron chi connectivity index (χ3n) is 1.56. The number of rotatable bonds is 3. The van der Waals surface area contributed by atoms with Crippen molar-refractivity contribution in [3.8, 4) is 0 Å². The standard InChI is InChI=1S/C7H16N2/c1-6(2)8-9(3)7-4-5-7/h6-8H,4-5H2,1-3H3. The minimum Gasteiger partial charge on any atom is -0.253 e. The summed E-state index contributed by atoms with van der Waals surface area (Å²) in [6.45, 7) is 4.33. The highest BCUT2D eigenvalue weighted by Gasteiger charge is 2.25. The van der Waals surface area contributed by atoms with Gasteiger partial charge in [-0.1, -0.05) is 0 Å². The summed E-state index contributed by atoms with van der Waals surface area (Å²) in [5.74, 6) is 0. The van der Waals surface area contributed by atoms with Crippen LogP contribution in [0.25, 0.3) is 0 Å². The SMILES string of the molecule is CC(C)NN(C)C1CC1. The van der Waals surface area contributed by atoms with Crippen molar-refractivity contribution in [2.75, 3.05) is 7.05 Å². The zero-order chi connectivity index (χ0) is 6.85. The van der Waals surface area contributed by atoms with Crippen molar-refractivity contribution >= 4 is 0 Å². The first-order valence-corrected chi connectivity index (χ1v) is 3.69. The van der Waals surface area contributed by atoms with Gasteiger partial charge in [0.05, 0.1) is 0 Å². The van der Waals surface area contributed by atoms with Gasteiger partial charge in [-0.2, -0.15) is 0 Å². The molecular formula is C7H16N2. The van der Waals surface area contributed by atoms with Gasteiger partial charge in [0.25, 0.3) is 0 Å². The molecule has 1 fully saturated rings. The molecule has 0 unspecified atom stereocenters. The molecule has 0 heterocycles. The van der Waals surface area contributed by atoms with Gasteiger partial charge in [0.15, 0.2) is 0 Å². The van der Waals surface area contributed by atoms with E-state index in [0.29, 0.717) is 6.04 Å². The summed E-state index contributed by atoms with van der Waals surface area (Å²) in [4.78, 5) is 0. The van der Waals surface area contributed by atoms with E-state index < -0.39 is 0 Å². The third-order valence-corrected chi connectivity index (χ3v) is 1.56. The predicted molar refractivity (Wildman–Crippen MR) is 39.1 cm³/mol. The second-order valence-electron chi connectivity index (χ2n) is 3.13. The van der Waals surface area contributed by atoms with Crippen LogP contribution in [0.15, 0.2) is 0 Å². The van der Waals surface area contributed by atoms with Gasteiger partial charge in [0.2, 0.25) is 0 Å². The second kappa shape index (κ2) is 2.67. The average molecular weight is 128 g/mol. The Labute approximate surface area is 57.2 Å². The smallest absolute Gasteiger partial charge is 0.0241 e. The lowest BCUT2D eigenvalue weighted by atomic mass is 10.4. The first-order valence-electron chi connectivity index (χ1n) is 3.69. The number of hydrogen-bond acceptors (Lipinski definition) is 2. The summed E-state index contributed by atoms with van der Waals surface area (Å²) in [6, 6.07) is 1.41. The van der Waals surface area contributed by atoms with Crippen LogP contribution < -0.4 is 5.43 Å². The molecule has 2 heteroatoms. The molecule has 2 nitrogen and oxygen atoms in total. The molecule has 0 aromatic rings. The van der Waals surface area contributed by atoms with E-state index in [2.05, 4.69) is 31.3 Å². The van der Waals surface area contributed by atoms with Crippen LogP contribution in [-0.2, 0) is 0 Å². The van der Waals surface area contributed by atoms with Gasteiger partial charge in [-0.25, -0.2) is 5.01 Å². The van der Waals surface area contributed by atoms with Crippen LogP contribution in [0.5, 0.6) is 0 Å². The molecule has 1 rings (SSSR count). The molecule has 0 radical (unpaired) electrons. The average Bonchev–Trinajstić information content (AvgIpc) is 2.40. The van der Waals surface area contributed by atoms with Crippen LogP contribution in [0.4, 0.5) is 0 Å². The first kappa shape index (κ1) is 7.03. The Balaban J connectivity index is 2.10.